The van der Waals surface area contributed by atoms with Gasteiger partial charge in [-0.25, -0.2) is 21.6 Å². The number of amides is 1. The number of hydrogen-bond acceptors (Lipinski definition) is 14. The van der Waals surface area contributed by atoms with Crippen molar-refractivity contribution in [2.24, 2.45) is 0 Å². The van der Waals surface area contributed by atoms with E-state index in [9.17, 15) is 41.9 Å². The van der Waals surface area contributed by atoms with Crippen LogP contribution in [0.3, 0.4) is 0 Å². The third-order valence-corrected chi connectivity index (χ3v) is 12.0. The SMILES string of the molecule is Cc1nc(-c2ccc(N3CC(CN4CCN(S(=O)(=O)c5c(Cl)cccc5[N+](=O)[O-])CC4)OC3=O)cc2)no1.O=[N+]([O-])c1cccc(Cl)c1S(=O)(=O)Cl. The van der Waals surface area contributed by atoms with Crippen molar-refractivity contribution >= 4 is 76.1 Å². The second-order valence-electron chi connectivity index (χ2n) is 11.1. The van der Waals surface area contributed by atoms with E-state index in [0.717, 1.165) is 17.7 Å². The van der Waals surface area contributed by atoms with Crippen molar-refractivity contribution in [1.82, 2.24) is 19.3 Å². The summed E-state index contributed by atoms with van der Waals surface area (Å²) in [5, 5.41) is 25.3. The number of sulfonamides is 1. The van der Waals surface area contributed by atoms with Gasteiger partial charge in [-0.15, -0.1) is 0 Å². The van der Waals surface area contributed by atoms with Gasteiger partial charge in [0.05, 0.1) is 26.4 Å². The Morgan fingerprint density at radius 1 is 0.865 bits per heavy atom. The zero-order valence-corrected chi connectivity index (χ0v) is 30.6. The Morgan fingerprint density at radius 2 is 1.42 bits per heavy atom. The number of halogens is 3. The van der Waals surface area contributed by atoms with Crippen molar-refractivity contribution in [3.8, 4) is 11.4 Å². The average molecular weight is 819 g/mol. The summed E-state index contributed by atoms with van der Waals surface area (Å²) in [6.07, 6.45) is -0.875. The van der Waals surface area contributed by atoms with Crippen LogP contribution in [0.5, 0.6) is 0 Å². The second-order valence-corrected chi connectivity index (χ2v) is 16.3. The van der Waals surface area contributed by atoms with Crippen LogP contribution >= 0.6 is 33.9 Å². The molecule has 0 radical (unpaired) electrons. The maximum absolute atomic E-state index is 13.2. The number of carbonyl (C=O) groups excluding carboxylic acids is 1. The number of cyclic esters (lactones) is 1. The fourth-order valence-corrected chi connectivity index (χ4v) is 9.24. The molecule has 2 saturated heterocycles. The lowest BCUT2D eigenvalue weighted by Gasteiger charge is -2.34. The first-order valence-electron chi connectivity index (χ1n) is 14.9. The molecule has 0 bridgehead atoms. The number of anilines is 1. The van der Waals surface area contributed by atoms with E-state index in [4.69, 9.17) is 43.1 Å². The van der Waals surface area contributed by atoms with Gasteiger partial charge in [0.25, 0.3) is 30.4 Å². The Labute approximate surface area is 310 Å². The van der Waals surface area contributed by atoms with Crippen LogP contribution in [-0.4, -0.2) is 97.5 Å². The molecule has 4 aromatic rings. The Bertz CT molecular complexity index is 2230. The smallest absolute Gasteiger partial charge is 0.414 e. The molecule has 0 saturated carbocycles. The molecule has 52 heavy (non-hydrogen) atoms. The number of aromatic nitrogens is 2. The van der Waals surface area contributed by atoms with E-state index in [1.54, 1.807) is 31.2 Å². The van der Waals surface area contributed by atoms with Gasteiger partial charge in [0, 0.05) is 73.7 Å². The molecule has 1 atom stereocenters. The number of carbonyl (C=O) groups is 1. The minimum absolute atomic E-state index is 0.117. The zero-order valence-electron chi connectivity index (χ0n) is 26.7. The highest BCUT2D eigenvalue weighted by Gasteiger charge is 2.38. The van der Waals surface area contributed by atoms with Gasteiger partial charge in [-0.2, -0.15) is 9.29 Å². The second kappa shape index (κ2) is 15.7. The van der Waals surface area contributed by atoms with Crippen LogP contribution in [0.1, 0.15) is 5.89 Å². The molecule has 3 aromatic carbocycles. The number of aryl methyl sites for hydroxylation is 1. The van der Waals surface area contributed by atoms with Crippen LogP contribution < -0.4 is 4.90 Å². The highest BCUT2D eigenvalue weighted by atomic mass is 35.7. The number of piperazine rings is 1. The lowest BCUT2D eigenvalue weighted by molar-refractivity contribution is -0.388. The number of hydrogen-bond donors (Lipinski definition) is 0. The molecule has 2 fully saturated rings. The molecule has 2 aliphatic rings. The molecule has 23 heteroatoms. The van der Waals surface area contributed by atoms with Crippen LogP contribution in [0.15, 0.2) is 75.0 Å². The van der Waals surface area contributed by atoms with E-state index in [1.807, 2.05) is 4.90 Å². The van der Waals surface area contributed by atoms with E-state index >= 15 is 0 Å². The van der Waals surface area contributed by atoms with Gasteiger partial charge in [-0.3, -0.25) is 30.0 Å². The number of nitro groups is 2. The molecule has 276 valence electrons. The molecule has 0 N–H and O–H groups in total. The average Bonchev–Trinajstić information content (AvgIpc) is 3.69. The van der Waals surface area contributed by atoms with Gasteiger partial charge < -0.3 is 9.26 Å². The summed E-state index contributed by atoms with van der Waals surface area (Å²) in [5.41, 5.74) is 0.231. The van der Waals surface area contributed by atoms with Crippen molar-refractivity contribution in [2.75, 3.05) is 44.2 Å². The molecular formula is C29H26Cl3N7O11S2. The number of nitrogens with zero attached hydrogens (tertiary/aromatic N) is 7. The molecule has 0 aliphatic carbocycles. The number of benzene rings is 3. The summed E-state index contributed by atoms with van der Waals surface area (Å²) >= 11 is 11.5. The summed E-state index contributed by atoms with van der Waals surface area (Å²) in [7, 11) is -3.38. The van der Waals surface area contributed by atoms with Crippen molar-refractivity contribution in [1.29, 1.82) is 0 Å². The third kappa shape index (κ3) is 8.60. The summed E-state index contributed by atoms with van der Waals surface area (Å²) in [5.74, 6) is 0.917. The van der Waals surface area contributed by atoms with E-state index < -0.39 is 62.3 Å². The van der Waals surface area contributed by atoms with Gasteiger partial charge in [0.1, 0.15) is 6.10 Å². The van der Waals surface area contributed by atoms with Crippen molar-refractivity contribution in [3.63, 3.8) is 0 Å². The maximum Gasteiger partial charge on any atom is 0.414 e. The first-order chi connectivity index (χ1) is 24.5. The molecule has 1 unspecified atom stereocenters. The normalized spacial score (nSPS) is 17.0. The van der Waals surface area contributed by atoms with E-state index in [-0.39, 0.29) is 23.1 Å². The standard InChI is InChI=1S/C23H23ClN6O7S.C6H3Cl2NO4S/c1-15-25-22(26-37-15)16-5-7-17(8-6-16)29-14-18(36-23(29)31)13-27-9-11-28(12-10-27)38(34,35)21-19(24)3-2-4-20(21)30(32)33;7-4-2-1-3-5(9(10)11)6(4)14(8,12)13/h2-8,18H,9-14H2,1H3;1-3H. The summed E-state index contributed by atoms with van der Waals surface area (Å²) in [6, 6.07) is 14.4. The van der Waals surface area contributed by atoms with Crippen molar-refractivity contribution in [2.45, 2.75) is 22.8 Å². The lowest BCUT2D eigenvalue weighted by Crippen LogP contribution is -2.50. The number of rotatable bonds is 9. The predicted molar refractivity (Wildman–Crippen MR) is 187 cm³/mol. The minimum Gasteiger partial charge on any atom is -0.443 e. The third-order valence-electron chi connectivity index (χ3n) is 7.76. The van der Waals surface area contributed by atoms with E-state index in [1.165, 1.54) is 33.5 Å². The molecule has 2 aliphatic heterocycles. The molecule has 18 nitrogen and oxygen atoms in total. The van der Waals surface area contributed by atoms with Gasteiger partial charge in [0.15, 0.2) is 9.79 Å². The highest BCUT2D eigenvalue weighted by molar-refractivity contribution is 8.14. The summed E-state index contributed by atoms with van der Waals surface area (Å²) in [4.78, 5) is 39.3. The summed E-state index contributed by atoms with van der Waals surface area (Å²) < 4.78 is 60.0. The predicted octanol–water partition coefficient (Wildman–Crippen LogP) is 5.11. The number of nitro benzene ring substituents is 2. The largest absolute Gasteiger partial charge is 0.443 e. The highest BCUT2D eigenvalue weighted by Crippen LogP contribution is 2.35. The zero-order chi connectivity index (χ0) is 38.0. The Kier molecular flexibility index (Phi) is 11.7. The fourth-order valence-electron chi connectivity index (χ4n) is 5.38. The molecule has 1 amide bonds. The van der Waals surface area contributed by atoms with Gasteiger partial charge in [0.2, 0.25) is 11.7 Å². The molecule has 3 heterocycles. The molecule has 0 spiro atoms. The van der Waals surface area contributed by atoms with E-state index in [2.05, 4.69) is 10.1 Å². The first kappa shape index (κ1) is 38.8. The Morgan fingerprint density at radius 3 is 1.92 bits per heavy atom. The topological polar surface area (TPSA) is 230 Å². The Hall–Kier alpha value is -4.44. The van der Waals surface area contributed by atoms with Crippen LogP contribution in [0.4, 0.5) is 21.9 Å². The first-order valence-corrected chi connectivity index (χ1v) is 19.4. The quantitative estimate of drug-likeness (QED) is 0.121. The fraction of sp³-hybridized carbons (Fsp3) is 0.276. The van der Waals surface area contributed by atoms with Crippen LogP contribution in [0.25, 0.3) is 11.4 Å². The van der Waals surface area contributed by atoms with Gasteiger partial charge in [-0.1, -0.05) is 40.5 Å². The van der Waals surface area contributed by atoms with E-state index in [0.29, 0.717) is 43.6 Å². The van der Waals surface area contributed by atoms with Gasteiger partial charge in [-0.05, 0) is 36.4 Å². The van der Waals surface area contributed by atoms with Crippen molar-refractivity contribution in [3.05, 3.63) is 96.8 Å². The minimum atomic E-state index is -4.21. The molecular weight excluding hydrogens is 793 g/mol. The molecule has 6 rings (SSSR count). The number of ether oxygens (including phenoxy) is 1. The van der Waals surface area contributed by atoms with Gasteiger partial charge >= 0.3 is 6.09 Å². The van der Waals surface area contributed by atoms with Crippen molar-refractivity contribution < 1.29 is 40.7 Å². The van der Waals surface area contributed by atoms with Crippen LogP contribution in [0.2, 0.25) is 10.0 Å². The summed E-state index contributed by atoms with van der Waals surface area (Å²) in [6.45, 7) is 3.42. The van der Waals surface area contributed by atoms with Crippen LogP contribution in [-0.2, 0) is 23.8 Å². The maximum atomic E-state index is 13.2. The van der Waals surface area contributed by atoms with Crippen LogP contribution in [0, 0.1) is 27.2 Å². The Balaban J connectivity index is 0.000000314. The lowest BCUT2D eigenvalue weighted by atomic mass is 10.2. The molecule has 1 aromatic heterocycles. The monoisotopic (exact) mass is 817 g/mol.